The van der Waals surface area contributed by atoms with Crippen LogP contribution in [0.2, 0.25) is 0 Å². The van der Waals surface area contributed by atoms with E-state index in [9.17, 15) is 0 Å². The molecule has 0 aliphatic heterocycles. The van der Waals surface area contributed by atoms with Crippen LogP contribution in [0.4, 0.5) is 0 Å². The van der Waals surface area contributed by atoms with Crippen molar-refractivity contribution >= 4 is 16.9 Å². The molecule has 0 bridgehead atoms. The van der Waals surface area contributed by atoms with Crippen LogP contribution in [0, 0.1) is 6.92 Å². The molecule has 20 heavy (non-hydrogen) atoms. The molecule has 0 atom stereocenters. The lowest BCUT2D eigenvalue weighted by molar-refractivity contribution is 0.318. The maximum atomic E-state index is 8.78. The molecular weight excluding hydrogens is 256 g/mol. The highest BCUT2D eigenvalue weighted by Gasteiger charge is 2.10. The minimum absolute atomic E-state index is 0.0289. The summed E-state index contributed by atoms with van der Waals surface area (Å²) in [4.78, 5) is 4.41. The summed E-state index contributed by atoms with van der Waals surface area (Å²) < 4.78 is 1.62. The predicted octanol–water partition coefficient (Wildman–Crippen LogP) is 1.22. The summed E-state index contributed by atoms with van der Waals surface area (Å²) in [5.74, 6) is 0.599. The average Bonchev–Trinajstić information content (AvgIpc) is 2.89. The van der Waals surface area contributed by atoms with Gasteiger partial charge < -0.3 is 10.9 Å². The molecule has 0 spiro atoms. The largest absolute Gasteiger partial charge is 0.409 e. The summed E-state index contributed by atoms with van der Waals surface area (Å²) in [5, 5.41) is 20.0. The summed E-state index contributed by atoms with van der Waals surface area (Å²) in [6.07, 6.45) is 0. The molecule has 7 heteroatoms. The second kappa shape index (κ2) is 4.61. The van der Waals surface area contributed by atoms with Crippen LogP contribution in [0.3, 0.4) is 0 Å². The Labute approximate surface area is 114 Å². The summed E-state index contributed by atoms with van der Waals surface area (Å²) in [5.41, 5.74) is 8.57. The number of oxime groups is 1. The smallest absolute Gasteiger partial charge is 0.170 e. The van der Waals surface area contributed by atoms with Crippen LogP contribution < -0.4 is 5.73 Å². The van der Waals surface area contributed by atoms with Gasteiger partial charge in [-0.05, 0) is 31.2 Å². The number of amidine groups is 1. The number of pyridine rings is 1. The van der Waals surface area contributed by atoms with Crippen molar-refractivity contribution < 1.29 is 5.21 Å². The Balaban J connectivity index is 2.22. The van der Waals surface area contributed by atoms with Crippen LogP contribution in [-0.2, 0) is 0 Å². The molecule has 0 saturated carbocycles. The monoisotopic (exact) mass is 268 g/mol. The molecule has 0 aliphatic carbocycles. The van der Waals surface area contributed by atoms with E-state index < -0.39 is 0 Å². The van der Waals surface area contributed by atoms with Gasteiger partial charge in [-0.1, -0.05) is 22.5 Å². The van der Waals surface area contributed by atoms with Gasteiger partial charge in [-0.15, -0.1) is 5.10 Å². The van der Waals surface area contributed by atoms with E-state index in [4.69, 9.17) is 10.9 Å². The summed E-state index contributed by atoms with van der Waals surface area (Å²) in [7, 11) is 0. The highest BCUT2D eigenvalue weighted by Crippen LogP contribution is 2.16. The molecule has 0 fully saturated rings. The topological polar surface area (TPSA) is 102 Å². The number of fused-ring (bicyclic) bond motifs is 1. The Kier molecular flexibility index (Phi) is 2.79. The zero-order valence-corrected chi connectivity index (χ0v) is 10.7. The Morgan fingerprint density at radius 3 is 2.90 bits per heavy atom. The van der Waals surface area contributed by atoms with Crippen molar-refractivity contribution in [1.82, 2.24) is 20.0 Å². The first-order valence-electron chi connectivity index (χ1n) is 5.96. The number of rotatable bonds is 2. The number of aromatic nitrogens is 4. The lowest BCUT2D eigenvalue weighted by atomic mass is 10.2. The van der Waals surface area contributed by atoms with Gasteiger partial charge in [-0.2, -0.15) is 4.68 Å². The highest BCUT2D eigenvalue weighted by atomic mass is 16.4. The van der Waals surface area contributed by atoms with E-state index in [1.54, 1.807) is 16.8 Å². The quantitative estimate of drug-likeness (QED) is 0.315. The van der Waals surface area contributed by atoms with E-state index in [2.05, 4.69) is 20.5 Å². The van der Waals surface area contributed by atoms with Crippen LogP contribution >= 0.6 is 0 Å². The van der Waals surface area contributed by atoms with Crippen LogP contribution in [-0.4, -0.2) is 31.0 Å². The van der Waals surface area contributed by atoms with Crippen molar-refractivity contribution in [3.05, 3.63) is 47.7 Å². The van der Waals surface area contributed by atoms with Gasteiger partial charge in [-0.25, -0.2) is 4.98 Å². The van der Waals surface area contributed by atoms with Crippen molar-refractivity contribution in [2.75, 3.05) is 0 Å². The SMILES string of the molecule is Cc1cc(/C(N)=N/O)cc(-n2nnc3ccccc32)n1. The first kappa shape index (κ1) is 12.1. The average molecular weight is 268 g/mol. The van der Waals surface area contributed by atoms with Crippen LogP contribution in [0.15, 0.2) is 41.6 Å². The van der Waals surface area contributed by atoms with Gasteiger partial charge in [0.1, 0.15) is 5.52 Å². The molecule has 2 heterocycles. The molecule has 0 unspecified atom stereocenters. The third-order valence-electron chi connectivity index (χ3n) is 2.91. The molecule has 3 N–H and O–H groups in total. The number of benzene rings is 1. The van der Waals surface area contributed by atoms with Crippen LogP contribution in [0.1, 0.15) is 11.3 Å². The number of aryl methyl sites for hydroxylation is 1. The van der Waals surface area contributed by atoms with Crippen molar-refractivity contribution in [3.63, 3.8) is 0 Å². The Morgan fingerprint density at radius 2 is 2.10 bits per heavy atom. The van der Waals surface area contributed by atoms with Crippen LogP contribution in [0.25, 0.3) is 16.9 Å². The lowest BCUT2D eigenvalue weighted by Gasteiger charge is -2.06. The third kappa shape index (κ3) is 1.95. The Bertz CT molecular complexity index is 807. The first-order chi connectivity index (χ1) is 9.69. The highest BCUT2D eigenvalue weighted by molar-refractivity contribution is 5.97. The number of nitrogens with two attached hydrogens (primary N) is 1. The number of nitrogens with zero attached hydrogens (tertiary/aromatic N) is 5. The number of para-hydroxylation sites is 1. The van der Waals surface area contributed by atoms with Gasteiger partial charge in [0.25, 0.3) is 0 Å². The van der Waals surface area contributed by atoms with Gasteiger partial charge >= 0.3 is 0 Å². The van der Waals surface area contributed by atoms with E-state index in [1.165, 1.54) is 0 Å². The van der Waals surface area contributed by atoms with Crippen molar-refractivity contribution in [2.24, 2.45) is 10.9 Å². The van der Waals surface area contributed by atoms with Gasteiger partial charge in [0.05, 0.1) is 5.52 Å². The second-order valence-corrected chi connectivity index (χ2v) is 4.33. The third-order valence-corrected chi connectivity index (χ3v) is 2.91. The van der Waals surface area contributed by atoms with E-state index in [1.807, 2.05) is 31.2 Å². The molecular formula is C13H12N6O. The molecule has 100 valence electrons. The lowest BCUT2D eigenvalue weighted by Crippen LogP contribution is -2.15. The van der Waals surface area contributed by atoms with Crippen molar-refractivity contribution in [2.45, 2.75) is 6.92 Å². The summed E-state index contributed by atoms with van der Waals surface area (Å²) in [6, 6.07) is 11.0. The fourth-order valence-corrected chi connectivity index (χ4v) is 2.00. The van der Waals surface area contributed by atoms with E-state index in [0.29, 0.717) is 11.4 Å². The molecule has 0 saturated heterocycles. The second-order valence-electron chi connectivity index (χ2n) is 4.33. The minimum atomic E-state index is 0.0289. The van der Waals surface area contributed by atoms with Crippen molar-refractivity contribution in [1.29, 1.82) is 0 Å². The normalized spacial score (nSPS) is 11.9. The van der Waals surface area contributed by atoms with Gasteiger partial charge in [0.15, 0.2) is 11.7 Å². The Morgan fingerprint density at radius 1 is 1.30 bits per heavy atom. The molecule has 3 aromatic rings. The van der Waals surface area contributed by atoms with Gasteiger partial charge in [-0.3, -0.25) is 0 Å². The molecule has 7 nitrogen and oxygen atoms in total. The molecule has 0 radical (unpaired) electrons. The molecule has 0 amide bonds. The molecule has 1 aromatic carbocycles. The fourth-order valence-electron chi connectivity index (χ4n) is 2.00. The molecule has 2 aromatic heterocycles. The first-order valence-corrected chi connectivity index (χ1v) is 5.96. The summed E-state index contributed by atoms with van der Waals surface area (Å²) >= 11 is 0. The van der Waals surface area contributed by atoms with Gasteiger partial charge in [0, 0.05) is 11.3 Å². The molecule has 0 aliphatic rings. The van der Waals surface area contributed by atoms with E-state index in [-0.39, 0.29) is 5.84 Å². The van der Waals surface area contributed by atoms with E-state index in [0.717, 1.165) is 16.7 Å². The minimum Gasteiger partial charge on any atom is -0.409 e. The number of hydrogen-bond donors (Lipinski definition) is 2. The van der Waals surface area contributed by atoms with Crippen molar-refractivity contribution in [3.8, 4) is 5.82 Å². The van der Waals surface area contributed by atoms with Crippen LogP contribution in [0.5, 0.6) is 0 Å². The molecule has 3 rings (SSSR count). The van der Waals surface area contributed by atoms with Gasteiger partial charge in [0.2, 0.25) is 0 Å². The standard InChI is InChI=1S/C13H12N6O/c1-8-6-9(13(14)17-20)7-12(15-8)19-11-5-3-2-4-10(11)16-18-19/h2-7,20H,1H3,(H2,14,17). The maximum absolute atomic E-state index is 8.78. The zero-order valence-electron chi connectivity index (χ0n) is 10.7. The number of hydrogen-bond acceptors (Lipinski definition) is 5. The van der Waals surface area contributed by atoms with E-state index >= 15 is 0 Å². The summed E-state index contributed by atoms with van der Waals surface area (Å²) in [6.45, 7) is 1.83. The Hall–Kier alpha value is -2.96. The fraction of sp³-hybridized carbons (Fsp3) is 0.0769. The maximum Gasteiger partial charge on any atom is 0.170 e. The zero-order chi connectivity index (χ0) is 14.1. The predicted molar refractivity (Wildman–Crippen MR) is 73.9 cm³/mol.